The summed E-state index contributed by atoms with van der Waals surface area (Å²) in [6, 6.07) is 4.70. The lowest BCUT2D eigenvalue weighted by Crippen LogP contribution is -2.13. The lowest BCUT2D eigenvalue weighted by molar-refractivity contribution is -0.111. The number of amides is 1. The Morgan fingerprint density at radius 3 is 2.76 bits per heavy atom. The molecule has 0 atom stereocenters. The van der Waals surface area contributed by atoms with Crippen LogP contribution in [-0.2, 0) is 4.79 Å². The second-order valence-electron chi connectivity index (χ2n) is 4.14. The number of anilines is 1. The van der Waals surface area contributed by atoms with Crippen LogP contribution in [0.3, 0.4) is 0 Å². The Kier molecular flexibility index (Phi) is 4.84. The first kappa shape index (κ1) is 13.4. The van der Waals surface area contributed by atoms with Crippen LogP contribution in [0.1, 0.15) is 5.56 Å². The second kappa shape index (κ2) is 6.15. The van der Waals surface area contributed by atoms with Crippen LogP contribution < -0.4 is 5.32 Å². The van der Waals surface area contributed by atoms with E-state index in [4.69, 9.17) is 0 Å². The normalized spacial score (nSPS) is 11.1. The predicted molar refractivity (Wildman–Crippen MR) is 67.5 cm³/mol. The van der Waals surface area contributed by atoms with Crippen molar-refractivity contribution < 1.29 is 9.18 Å². The van der Waals surface area contributed by atoms with Crippen LogP contribution in [0.5, 0.6) is 0 Å². The van der Waals surface area contributed by atoms with Crippen molar-refractivity contribution in [1.29, 1.82) is 0 Å². The van der Waals surface area contributed by atoms with E-state index in [1.54, 1.807) is 25.1 Å². The van der Waals surface area contributed by atoms with Gasteiger partial charge in [0.2, 0.25) is 5.91 Å². The fraction of sp³-hybridized carbons (Fsp3) is 0.308. The van der Waals surface area contributed by atoms with Gasteiger partial charge >= 0.3 is 0 Å². The molecular weight excluding hydrogens is 219 g/mol. The molecule has 0 aliphatic heterocycles. The number of benzene rings is 1. The molecule has 0 aliphatic carbocycles. The van der Waals surface area contributed by atoms with E-state index < -0.39 is 5.82 Å². The highest BCUT2D eigenvalue weighted by Gasteiger charge is 2.04. The van der Waals surface area contributed by atoms with Crippen molar-refractivity contribution >= 4 is 11.6 Å². The van der Waals surface area contributed by atoms with E-state index in [1.807, 2.05) is 19.0 Å². The van der Waals surface area contributed by atoms with Crippen LogP contribution >= 0.6 is 0 Å². The number of nitrogens with one attached hydrogen (secondary N) is 1. The van der Waals surface area contributed by atoms with Gasteiger partial charge < -0.3 is 10.2 Å². The van der Waals surface area contributed by atoms with E-state index in [1.165, 1.54) is 12.1 Å². The van der Waals surface area contributed by atoms with Crippen molar-refractivity contribution in [2.24, 2.45) is 0 Å². The summed E-state index contributed by atoms with van der Waals surface area (Å²) in [6.07, 6.45) is 3.13. The summed E-state index contributed by atoms with van der Waals surface area (Å²) in [5.41, 5.74) is 1.03. The van der Waals surface area contributed by atoms with Crippen LogP contribution in [0.25, 0.3) is 0 Å². The van der Waals surface area contributed by atoms with Crippen LogP contribution in [0.4, 0.5) is 10.1 Å². The van der Waals surface area contributed by atoms with Crippen molar-refractivity contribution in [2.75, 3.05) is 26.0 Å². The average molecular weight is 236 g/mol. The Hall–Kier alpha value is -1.68. The van der Waals surface area contributed by atoms with Crippen LogP contribution in [0.2, 0.25) is 0 Å². The third kappa shape index (κ3) is 4.78. The third-order valence-corrected chi connectivity index (χ3v) is 2.12. The fourth-order valence-electron chi connectivity index (χ4n) is 1.27. The van der Waals surface area contributed by atoms with Gasteiger partial charge in [-0.3, -0.25) is 4.79 Å². The smallest absolute Gasteiger partial charge is 0.248 e. The van der Waals surface area contributed by atoms with Gasteiger partial charge in [0, 0.05) is 12.6 Å². The quantitative estimate of drug-likeness (QED) is 0.813. The molecule has 1 aromatic rings. The van der Waals surface area contributed by atoms with Crippen molar-refractivity contribution in [2.45, 2.75) is 6.92 Å². The summed E-state index contributed by atoms with van der Waals surface area (Å²) in [5.74, 6) is -0.742. The number of carbonyl (C=O) groups is 1. The molecule has 1 rings (SSSR count). The number of carbonyl (C=O) groups excluding carboxylic acids is 1. The molecule has 4 heteroatoms. The fourth-order valence-corrected chi connectivity index (χ4v) is 1.27. The van der Waals surface area contributed by atoms with Gasteiger partial charge in [-0.1, -0.05) is 12.1 Å². The molecule has 0 fully saturated rings. The molecule has 0 spiro atoms. The highest BCUT2D eigenvalue weighted by molar-refractivity contribution is 5.99. The minimum Gasteiger partial charge on any atom is -0.320 e. The molecule has 0 bridgehead atoms. The van der Waals surface area contributed by atoms with Crippen LogP contribution in [0.15, 0.2) is 30.4 Å². The minimum absolute atomic E-state index is 0.204. The van der Waals surface area contributed by atoms with Crippen LogP contribution in [-0.4, -0.2) is 31.4 Å². The molecule has 0 aromatic heterocycles. The molecule has 0 radical (unpaired) electrons. The van der Waals surface area contributed by atoms with E-state index >= 15 is 0 Å². The number of hydrogen-bond acceptors (Lipinski definition) is 2. The monoisotopic (exact) mass is 236 g/mol. The molecule has 92 valence electrons. The van der Waals surface area contributed by atoms with Crippen molar-refractivity contribution in [3.05, 3.63) is 41.7 Å². The summed E-state index contributed by atoms with van der Waals surface area (Å²) in [7, 11) is 3.81. The summed E-state index contributed by atoms with van der Waals surface area (Å²) < 4.78 is 13.4. The van der Waals surface area contributed by atoms with Gasteiger partial charge in [-0.25, -0.2) is 4.39 Å². The SMILES string of the molecule is Cc1ccc(NC(=O)C=CCN(C)C)c(F)c1. The van der Waals surface area contributed by atoms with Gasteiger partial charge in [0.05, 0.1) is 5.69 Å². The third-order valence-electron chi connectivity index (χ3n) is 2.12. The molecule has 3 nitrogen and oxygen atoms in total. The van der Waals surface area contributed by atoms with Crippen LogP contribution in [0, 0.1) is 12.7 Å². The Balaban J connectivity index is 2.59. The minimum atomic E-state index is -0.417. The molecule has 0 aliphatic rings. The lowest BCUT2D eigenvalue weighted by atomic mass is 10.2. The molecule has 1 aromatic carbocycles. The number of likely N-dealkylation sites (N-methyl/N-ethyl adjacent to an activating group) is 1. The molecule has 0 unspecified atom stereocenters. The van der Waals surface area contributed by atoms with Gasteiger partial charge in [-0.15, -0.1) is 0 Å². The van der Waals surface area contributed by atoms with E-state index in [2.05, 4.69) is 5.32 Å². The standard InChI is InChI=1S/C13H17FN2O/c1-10-6-7-12(11(14)9-10)15-13(17)5-4-8-16(2)3/h4-7,9H,8H2,1-3H3,(H,15,17). The van der Waals surface area contributed by atoms with Gasteiger partial charge in [0.25, 0.3) is 0 Å². The number of nitrogens with zero attached hydrogens (tertiary/aromatic N) is 1. The summed E-state index contributed by atoms with van der Waals surface area (Å²) in [6.45, 7) is 2.47. The Bertz CT molecular complexity index is 427. The van der Waals surface area contributed by atoms with Gasteiger partial charge in [-0.2, -0.15) is 0 Å². The summed E-state index contributed by atoms with van der Waals surface area (Å²) in [4.78, 5) is 13.4. The van der Waals surface area contributed by atoms with E-state index in [-0.39, 0.29) is 11.6 Å². The highest BCUT2D eigenvalue weighted by atomic mass is 19.1. The molecular formula is C13H17FN2O. The Morgan fingerprint density at radius 1 is 1.47 bits per heavy atom. The number of rotatable bonds is 4. The summed E-state index contributed by atoms with van der Waals surface area (Å²) >= 11 is 0. The van der Waals surface area contributed by atoms with Crippen molar-refractivity contribution in [3.8, 4) is 0 Å². The zero-order valence-electron chi connectivity index (χ0n) is 10.3. The van der Waals surface area contributed by atoms with Gasteiger partial charge in [0.15, 0.2) is 0 Å². The predicted octanol–water partition coefficient (Wildman–Crippen LogP) is 2.19. The first-order valence-electron chi connectivity index (χ1n) is 5.37. The Morgan fingerprint density at radius 2 is 2.18 bits per heavy atom. The maximum Gasteiger partial charge on any atom is 0.248 e. The topological polar surface area (TPSA) is 32.3 Å². The Labute approximate surface area is 101 Å². The van der Waals surface area contributed by atoms with E-state index in [0.717, 1.165) is 5.56 Å². The zero-order chi connectivity index (χ0) is 12.8. The zero-order valence-corrected chi connectivity index (χ0v) is 10.3. The number of hydrogen-bond donors (Lipinski definition) is 1. The second-order valence-corrected chi connectivity index (χ2v) is 4.14. The largest absolute Gasteiger partial charge is 0.320 e. The average Bonchev–Trinajstić information content (AvgIpc) is 2.21. The lowest BCUT2D eigenvalue weighted by Gasteiger charge is -2.05. The van der Waals surface area contributed by atoms with Gasteiger partial charge in [0.1, 0.15) is 5.82 Å². The maximum atomic E-state index is 13.4. The molecule has 0 saturated heterocycles. The summed E-state index contributed by atoms with van der Waals surface area (Å²) in [5, 5.41) is 2.49. The molecule has 0 heterocycles. The number of halogens is 1. The first-order chi connectivity index (χ1) is 7.99. The molecule has 1 amide bonds. The molecule has 17 heavy (non-hydrogen) atoms. The van der Waals surface area contributed by atoms with Crippen molar-refractivity contribution in [3.63, 3.8) is 0 Å². The van der Waals surface area contributed by atoms with E-state index in [9.17, 15) is 9.18 Å². The molecule has 1 N–H and O–H groups in total. The maximum absolute atomic E-state index is 13.4. The molecule has 0 saturated carbocycles. The van der Waals surface area contributed by atoms with Crippen molar-refractivity contribution in [1.82, 2.24) is 4.90 Å². The number of aryl methyl sites for hydroxylation is 1. The first-order valence-corrected chi connectivity index (χ1v) is 5.37. The highest BCUT2D eigenvalue weighted by Crippen LogP contribution is 2.14. The van der Waals surface area contributed by atoms with E-state index in [0.29, 0.717) is 6.54 Å². The van der Waals surface area contributed by atoms with Gasteiger partial charge in [-0.05, 0) is 38.7 Å².